The van der Waals surface area contributed by atoms with Crippen LogP contribution in [0.25, 0.3) is 0 Å². The van der Waals surface area contributed by atoms with Gasteiger partial charge in [-0.15, -0.1) is 0 Å². The zero-order valence-electron chi connectivity index (χ0n) is 31.8. The highest BCUT2D eigenvalue weighted by atomic mass is 35.5. The first kappa shape index (κ1) is 45.9. The number of nitrogen functional groups attached to an aromatic ring is 2. The zero-order chi connectivity index (χ0) is 44.5. The summed E-state index contributed by atoms with van der Waals surface area (Å²) in [5.41, 5.74) is 9.83. The second-order valence-electron chi connectivity index (χ2n) is 13.7. The summed E-state index contributed by atoms with van der Waals surface area (Å²) < 4.78 is 76.7. The molecule has 0 bridgehead atoms. The van der Waals surface area contributed by atoms with Gasteiger partial charge in [0.2, 0.25) is 11.8 Å². The number of benzene rings is 2. The number of piperidine rings is 1. The Morgan fingerprint density at radius 2 is 1.08 bits per heavy atom. The molecule has 16 nitrogen and oxygen atoms in total. The minimum Gasteiger partial charge on any atom is -0.382 e. The van der Waals surface area contributed by atoms with Crippen LogP contribution >= 0.6 is 23.2 Å². The number of anilines is 4. The van der Waals surface area contributed by atoms with Crippen molar-refractivity contribution in [1.29, 1.82) is 0 Å². The third kappa shape index (κ3) is 12.7. The highest BCUT2D eigenvalue weighted by Crippen LogP contribution is 2.32. The molecule has 6 rings (SSSR count). The lowest BCUT2D eigenvalue weighted by molar-refractivity contribution is -0.138. The average Bonchev–Trinajstić information content (AvgIpc) is 3.69. The Bertz CT molecular complexity index is 2240. The molecule has 0 saturated carbocycles. The van der Waals surface area contributed by atoms with E-state index in [-0.39, 0.29) is 94.5 Å². The second kappa shape index (κ2) is 19.9. The zero-order valence-corrected chi connectivity index (χ0v) is 33.3. The lowest BCUT2D eigenvalue weighted by Gasteiger charge is -2.33. The van der Waals surface area contributed by atoms with E-state index in [9.17, 15) is 45.5 Å². The van der Waals surface area contributed by atoms with E-state index in [1.165, 1.54) is 29.2 Å². The van der Waals surface area contributed by atoms with Crippen LogP contribution in [-0.2, 0) is 21.9 Å². The average molecular weight is 900 g/mol. The van der Waals surface area contributed by atoms with E-state index in [0.717, 1.165) is 36.9 Å². The van der Waals surface area contributed by atoms with Crippen molar-refractivity contribution in [2.45, 2.75) is 43.7 Å². The van der Waals surface area contributed by atoms with E-state index in [1.54, 1.807) is 4.90 Å². The van der Waals surface area contributed by atoms with Crippen molar-refractivity contribution in [3.05, 3.63) is 93.7 Å². The molecule has 2 atom stereocenters. The predicted octanol–water partition coefficient (Wildman–Crippen LogP) is 4.74. The van der Waals surface area contributed by atoms with Crippen molar-refractivity contribution >= 4 is 69.8 Å². The van der Waals surface area contributed by atoms with Crippen molar-refractivity contribution in [3.63, 3.8) is 0 Å². The summed E-state index contributed by atoms with van der Waals surface area (Å²) in [7, 11) is 0. The number of rotatable bonds is 10. The van der Waals surface area contributed by atoms with Crippen LogP contribution in [0.2, 0.25) is 10.0 Å². The number of nitrogens with zero attached hydrogens (tertiary/aromatic N) is 6. The van der Waals surface area contributed by atoms with Crippen LogP contribution in [-0.4, -0.2) is 105 Å². The molecule has 0 spiro atoms. The highest BCUT2D eigenvalue weighted by molar-refractivity contribution is 6.36. The predicted molar refractivity (Wildman–Crippen MR) is 212 cm³/mol. The molecule has 0 radical (unpaired) electrons. The molecule has 2 aliphatic rings. The van der Waals surface area contributed by atoms with Gasteiger partial charge in [-0.1, -0.05) is 35.3 Å². The van der Waals surface area contributed by atoms with Gasteiger partial charge in [0.15, 0.2) is 11.4 Å². The van der Waals surface area contributed by atoms with E-state index < -0.39 is 35.3 Å². The van der Waals surface area contributed by atoms with Gasteiger partial charge in [0.25, 0.3) is 11.8 Å². The molecule has 4 heterocycles. The van der Waals surface area contributed by atoms with Crippen molar-refractivity contribution in [2.75, 3.05) is 61.4 Å². The molecule has 61 heavy (non-hydrogen) atoms. The number of hydrogen-bond acceptors (Lipinski definition) is 12. The van der Waals surface area contributed by atoms with Gasteiger partial charge in [0.05, 0.1) is 24.2 Å². The molecule has 2 aromatic heterocycles. The molecular formula is C37H38Cl2F6N12O4. The molecule has 2 aliphatic heterocycles. The summed E-state index contributed by atoms with van der Waals surface area (Å²) in [5, 5.41) is 10.8. The summed E-state index contributed by atoms with van der Waals surface area (Å²) in [6.45, 7) is 1.05. The Kier molecular flexibility index (Phi) is 15.0. The Hall–Kier alpha value is -6.16. The van der Waals surface area contributed by atoms with Crippen molar-refractivity contribution in [2.24, 2.45) is 0 Å². The molecule has 2 unspecified atom stereocenters. The quantitative estimate of drug-likeness (QED) is 0.119. The van der Waals surface area contributed by atoms with Crippen LogP contribution in [0.5, 0.6) is 0 Å². The number of carbonyl (C=O) groups excluding carboxylic acids is 4. The van der Waals surface area contributed by atoms with Gasteiger partial charge < -0.3 is 42.5 Å². The van der Waals surface area contributed by atoms with Crippen LogP contribution in [0.15, 0.2) is 61.2 Å². The Morgan fingerprint density at radius 1 is 0.656 bits per heavy atom. The fourth-order valence-electron chi connectivity index (χ4n) is 6.21. The smallest absolute Gasteiger partial charge is 0.382 e. The molecule has 0 aliphatic carbocycles. The molecule has 326 valence electrons. The first-order valence-corrected chi connectivity index (χ1v) is 19.1. The Labute approximate surface area is 353 Å². The van der Waals surface area contributed by atoms with Gasteiger partial charge in [-0.3, -0.25) is 19.2 Å². The Balaban J connectivity index is 0.000000231. The number of aromatic nitrogens is 4. The number of hydrogen-bond donors (Lipinski definition) is 6. The fraction of sp³-hybridized carbons (Fsp3) is 0.351. The van der Waals surface area contributed by atoms with E-state index in [0.29, 0.717) is 32.4 Å². The second-order valence-corrected chi connectivity index (χ2v) is 14.4. The topological polar surface area (TPSA) is 226 Å². The number of nitrogens with two attached hydrogens (primary N) is 2. The van der Waals surface area contributed by atoms with Gasteiger partial charge >= 0.3 is 12.4 Å². The third-order valence-corrected chi connectivity index (χ3v) is 10.1. The Morgan fingerprint density at radius 3 is 1.52 bits per heavy atom. The number of alkyl halides is 6. The summed E-state index contributed by atoms with van der Waals surface area (Å²) in [6, 6.07) is 8.61. The number of amides is 4. The van der Waals surface area contributed by atoms with Crippen molar-refractivity contribution in [1.82, 2.24) is 40.4 Å². The lowest BCUT2D eigenvalue weighted by Crippen LogP contribution is -2.51. The first-order chi connectivity index (χ1) is 28.8. The third-order valence-electron chi connectivity index (χ3n) is 9.32. The van der Waals surface area contributed by atoms with Gasteiger partial charge in [-0.25, -0.2) is 19.9 Å². The number of nitrogens with one attached hydrogen (secondary N) is 4. The molecular weight excluding hydrogens is 861 g/mol. The van der Waals surface area contributed by atoms with E-state index in [4.69, 9.17) is 34.7 Å². The highest BCUT2D eigenvalue weighted by Gasteiger charge is 2.33. The van der Waals surface area contributed by atoms with Crippen LogP contribution in [0, 0.1) is 0 Å². The molecule has 4 amide bonds. The maximum atomic E-state index is 12.8. The van der Waals surface area contributed by atoms with Gasteiger partial charge in [-0.2, -0.15) is 26.3 Å². The minimum absolute atomic E-state index is 0.0112. The van der Waals surface area contributed by atoms with Crippen LogP contribution in [0.3, 0.4) is 0 Å². The first-order valence-electron chi connectivity index (χ1n) is 18.3. The molecule has 2 fully saturated rings. The molecule has 2 aromatic carbocycles. The summed E-state index contributed by atoms with van der Waals surface area (Å²) in [4.78, 5) is 67.8. The number of halogens is 8. The van der Waals surface area contributed by atoms with Crippen LogP contribution in [0.1, 0.15) is 51.4 Å². The van der Waals surface area contributed by atoms with Crippen molar-refractivity contribution < 1.29 is 45.5 Å². The minimum atomic E-state index is -4.46. The van der Waals surface area contributed by atoms with E-state index in [1.807, 2.05) is 0 Å². The van der Waals surface area contributed by atoms with Crippen molar-refractivity contribution in [3.8, 4) is 0 Å². The van der Waals surface area contributed by atoms with Gasteiger partial charge in [-0.05, 0) is 55.7 Å². The summed E-state index contributed by atoms with van der Waals surface area (Å²) >= 11 is 11.9. The molecule has 2 saturated heterocycles. The van der Waals surface area contributed by atoms with Gasteiger partial charge in [0.1, 0.15) is 34.3 Å². The number of likely N-dealkylation sites (tertiary alicyclic amines) is 2. The lowest BCUT2D eigenvalue weighted by atomic mass is 10.1. The summed E-state index contributed by atoms with van der Waals surface area (Å²) in [6.07, 6.45) is -4.85. The van der Waals surface area contributed by atoms with Crippen LogP contribution in [0.4, 0.5) is 49.4 Å². The van der Waals surface area contributed by atoms with E-state index >= 15 is 0 Å². The molecule has 8 N–H and O–H groups in total. The van der Waals surface area contributed by atoms with E-state index in [2.05, 4.69) is 41.2 Å². The maximum absolute atomic E-state index is 12.8. The SMILES string of the molecule is Nc1ncnc(C(=O)NC2CCCN(C(=O)CNc3cccc(C(F)(F)F)c3)C2)c1Cl.Nc1ncnc(C(=O)NC2CCN(C(=O)CNc3cccc(C(F)(F)F)c3)C2)c1Cl. The fourth-order valence-corrected chi connectivity index (χ4v) is 6.57. The largest absolute Gasteiger partial charge is 0.416 e. The number of carbonyl (C=O) groups is 4. The summed E-state index contributed by atoms with van der Waals surface area (Å²) in [5.74, 6) is -1.67. The normalized spacial score (nSPS) is 16.5. The maximum Gasteiger partial charge on any atom is 0.416 e. The van der Waals surface area contributed by atoms with Gasteiger partial charge in [0, 0.05) is 49.6 Å². The van der Waals surface area contributed by atoms with Crippen LogP contribution < -0.4 is 32.7 Å². The standard InChI is InChI=1S/C19H20ClF3N6O2.C18H18ClF3N6O2/c20-15-16(26-10-27-17(15)24)18(31)28-13-5-2-6-29(9-13)14(30)8-25-12-4-1-3-11(7-12)19(21,22)23;19-14-15(25-9-26-16(14)23)17(30)27-12-4-5-28(8-12)13(29)7-24-11-3-1-2-10(6-11)18(20,21)22/h1,3-4,7,10,13,25H,2,5-6,8-9H2,(H,28,31)(H2,24,26,27);1-3,6,9,12,24H,4-5,7-8H2,(H,27,30)(H2,23,25,26). The molecule has 24 heteroatoms. The molecule has 4 aromatic rings. The monoisotopic (exact) mass is 898 g/mol.